The summed E-state index contributed by atoms with van der Waals surface area (Å²) in [6, 6.07) is 30.2. The molecule has 0 saturated carbocycles. The average molecular weight is 479 g/mol. The van der Waals surface area contributed by atoms with Crippen LogP contribution in [0.25, 0.3) is 11.1 Å². The molecule has 2 fully saturated rings. The highest BCUT2D eigenvalue weighted by molar-refractivity contribution is 6.30. The Morgan fingerprint density at radius 2 is 1.51 bits per heavy atom. The highest BCUT2D eigenvalue weighted by Gasteiger charge is 2.79. The van der Waals surface area contributed by atoms with Gasteiger partial charge in [0, 0.05) is 10.6 Å². The van der Waals surface area contributed by atoms with Crippen molar-refractivity contribution in [1.82, 2.24) is 0 Å². The Hall–Kier alpha value is -4.15. The van der Waals surface area contributed by atoms with Gasteiger partial charge in [0.2, 0.25) is 17.1 Å². The number of nitrogens with zero attached hydrogens (tertiary/aromatic N) is 3. The molecule has 5 rings (SSSR count). The van der Waals surface area contributed by atoms with Crippen molar-refractivity contribution in [1.29, 1.82) is 21.2 Å². The van der Waals surface area contributed by atoms with Crippen molar-refractivity contribution >= 4 is 17.5 Å². The lowest BCUT2D eigenvalue weighted by molar-refractivity contribution is -0.288. The number of nitrogens with one attached hydrogen (secondary N) is 1. The molecule has 6 nitrogen and oxygen atoms in total. The standard InChI is InChI=1S/C28H19ClN4O2/c1-18-27(17-32)25(33)35-28(18,22-8-5-9-23(29)14-22)34-24(26(27,15-30)16-31)21-12-10-20(11-13-21)19-6-3-2-4-7-19/h2-14,18,24,33H,1H3. The molecular formula is C28H19ClN4O2. The Morgan fingerprint density at radius 3 is 2.11 bits per heavy atom. The van der Waals surface area contributed by atoms with Gasteiger partial charge in [0.1, 0.15) is 6.10 Å². The van der Waals surface area contributed by atoms with Crippen LogP contribution < -0.4 is 0 Å². The summed E-state index contributed by atoms with van der Waals surface area (Å²) >= 11 is 6.25. The van der Waals surface area contributed by atoms with E-state index < -0.39 is 34.5 Å². The topological polar surface area (TPSA) is 114 Å². The second-order valence-corrected chi connectivity index (χ2v) is 9.20. The third-order valence-electron chi connectivity index (χ3n) is 7.22. The zero-order valence-corrected chi connectivity index (χ0v) is 19.5. The van der Waals surface area contributed by atoms with Crippen LogP contribution in [-0.2, 0) is 15.3 Å². The van der Waals surface area contributed by atoms with Crippen molar-refractivity contribution in [3.05, 3.63) is 95.0 Å². The molecule has 2 aliphatic rings. The maximum absolute atomic E-state index is 10.4. The van der Waals surface area contributed by atoms with Gasteiger partial charge in [0.05, 0.1) is 24.1 Å². The monoisotopic (exact) mass is 478 g/mol. The van der Waals surface area contributed by atoms with Crippen LogP contribution in [0.15, 0.2) is 78.9 Å². The minimum Gasteiger partial charge on any atom is -0.443 e. The fourth-order valence-electron chi connectivity index (χ4n) is 5.35. The number of hydrogen-bond acceptors (Lipinski definition) is 6. The molecule has 0 spiro atoms. The number of nitriles is 3. The van der Waals surface area contributed by atoms with Crippen LogP contribution in [0.3, 0.4) is 0 Å². The van der Waals surface area contributed by atoms with Crippen molar-refractivity contribution < 1.29 is 9.47 Å². The van der Waals surface area contributed by atoms with E-state index in [-0.39, 0.29) is 0 Å². The van der Waals surface area contributed by atoms with Gasteiger partial charge in [-0.05, 0) is 28.8 Å². The molecule has 2 saturated heterocycles. The van der Waals surface area contributed by atoms with Gasteiger partial charge >= 0.3 is 0 Å². The van der Waals surface area contributed by atoms with E-state index in [2.05, 4.69) is 18.2 Å². The fraction of sp³-hybridized carbons (Fsp3) is 0.214. The first-order valence-corrected chi connectivity index (χ1v) is 11.4. The zero-order chi connectivity index (χ0) is 24.8. The Bertz CT molecular complexity index is 1440. The van der Waals surface area contributed by atoms with Gasteiger partial charge in [0.15, 0.2) is 5.41 Å². The predicted octanol–water partition coefficient (Wildman–Crippen LogP) is 6.12. The molecular weight excluding hydrogens is 460 g/mol. The number of hydrogen-bond donors (Lipinski definition) is 1. The third kappa shape index (κ3) is 2.87. The quantitative estimate of drug-likeness (QED) is 0.487. The molecule has 3 aromatic rings. The molecule has 0 radical (unpaired) electrons. The normalized spacial score (nSPS) is 28.3. The van der Waals surface area contributed by atoms with Gasteiger partial charge in [-0.1, -0.05) is 85.3 Å². The first-order chi connectivity index (χ1) is 16.9. The first-order valence-electron chi connectivity index (χ1n) is 11.0. The minimum absolute atomic E-state index is 0.429. The minimum atomic E-state index is -2.02. The lowest BCUT2D eigenvalue weighted by Crippen LogP contribution is -2.57. The summed E-state index contributed by atoms with van der Waals surface area (Å²) in [6.07, 6.45) is -1.17. The van der Waals surface area contributed by atoms with Crippen molar-refractivity contribution in [2.45, 2.75) is 18.8 Å². The van der Waals surface area contributed by atoms with E-state index in [4.69, 9.17) is 26.5 Å². The van der Waals surface area contributed by atoms with Crippen LogP contribution in [0.1, 0.15) is 24.2 Å². The van der Waals surface area contributed by atoms with Gasteiger partial charge in [0.25, 0.3) is 0 Å². The van der Waals surface area contributed by atoms with E-state index in [9.17, 15) is 15.8 Å². The number of rotatable bonds is 3. The first kappa shape index (κ1) is 22.6. The molecule has 3 aromatic carbocycles. The summed E-state index contributed by atoms with van der Waals surface area (Å²) in [6.45, 7) is 1.67. The molecule has 4 unspecified atom stereocenters. The van der Waals surface area contributed by atoms with E-state index in [0.717, 1.165) is 11.1 Å². The molecule has 2 heterocycles. The van der Waals surface area contributed by atoms with E-state index in [0.29, 0.717) is 16.1 Å². The van der Waals surface area contributed by atoms with Crippen molar-refractivity contribution in [3.63, 3.8) is 0 Å². The smallest absolute Gasteiger partial charge is 0.244 e. The van der Waals surface area contributed by atoms with Crippen LogP contribution in [0.4, 0.5) is 0 Å². The van der Waals surface area contributed by atoms with Crippen molar-refractivity contribution in [2.75, 3.05) is 0 Å². The second-order valence-electron chi connectivity index (χ2n) is 8.77. The lowest BCUT2D eigenvalue weighted by Gasteiger charge is -2.48. The van der Waals surface area contributed by atoms with Crippen LogP contribution in [-0.4, -0.2) is 5.90 Å². The highest BCUT2D eigenvalue weighted by Crippen LogP contribution is 2.69. The summed E-state index contributed by atoms with van der Waals surface area (Å²) in [5.74, 6) is -2.87. The zero-order valence-electron chi connectivity index (χ0n) is 18.7. The Balaban J connectivity index is 1.72. The SMILES string of the molecule is CC1C2(c3cccc(Cl)c3)OC(=N)C1(C#N)C(C#N)(C#N)C(c1ccc(-c3ccccc3)cc1)O2. The molecule has 7 heteroatoms. The largest absolute Gasteiger partial charge is 0.443 e. The van der Waals surface area contributed by atoms with Crippen LogP contribution in [0, 0.1) is 56.2 Å². The van der Waals surface area contributed by atoms with Gasteiger partial charge in [-0.2, -0.15) is 15.8 Å². The number of halogens is 1. The average Bonchev–Trinajstić information content (AvgIpc) is 3.06. The Labute approximate surface area is 208 Å². The summed E-state index contributed by atoms with van der Waals surface area (Å²) in [7, 11) is 0. The highest BCUT2D eigenvalue weighted by atomic mass is 35.5. The van der Waals surface area contributed by atoms with E-state index in [1.807, 2.05) is 42.5 Å². The molecule has 2 bridgehead atoms. The molecule has 0 aliphatic carbocycles. The Kier molecular flexibility index (Phi) is 5.15. The van der Waals surface area contributed by atoms with E-state index in [1.165, 1.54) is 0 Å². The van der Waals surface area contributed by atoms with Gasteiger partial charge in [-0.15, -0.1) is 0 Å². The maximum Gasteiger partial charge on any atom is 0.244 e. The molecule has 1 N–H and O–H groups in total. The van der Waals surface area contributed by atoms with E-state index in [1.54, 1.807) is 43.3 Å². The summed E-state index contributed by atoms with van der Waals surface area (Å²) in [5, 5.41) is 40.3. The van der Waals surface area contributed by atoms with Gasteiger partial charge in [-0.25, -0.2) is 0 Å². The molecule has 0 aromatic heterocycles. The van der Waals surface area contributed by atoms with Crippen molar-refractivity contribution in [3.8, 4) is 29.3 Å². The maximum atomic E-state index is 10.4. The predicted molar refractivity (Wildman–Crippen MR) is 129 cm³/mol. The van der Waals surface area contributed by atoms with Gasteiger partial charge < -0.3 is 9.47 Å². The molecule has 0 amide bonds. The summed E-state index contributed by atoms with van der Waals surface area (Å²) in [4.78, 5) is 0. The molecule has 170 valence electrons. The van der Waals surface area contributed by atoms with Crippen LogP contribution >= 0.6 is 11.6 Å². The number of benzene rings is 3. The third-order valence-corrected chi connectivity index (χ3v) is 7.45. The number of fused-ring (bicyclic) bond motifs is 2. The summed E-state index contributed by atoms with van der Waals surface area (Å²) in [5.41, 5.74) is -0.883. The van der Waals surface area contributed by atoms with E-state index >= 15 is 0 Å². The lowest BCUT2D eigenvalue weighted by atomic mass is 9.53. The van der Waals surface area contributed by atoms with Crippen molar-refractivity contribution in [2.24, 2.45) is 16.7 Å². The molecule has 35 heavy (non-hydrogen) atoms. The molecule has 4 atom stereocenters. The fourth-order valence-corrected chi connectivity index (χ4v) is 5.55. The second kappa shape index (κ2) is 7.97. The Morgan fingerprint density at radius 1 is 0.857 bits per heavy atom. The van der Waals surface area contributed by atoms with Crippen LogP contribution in [0.5, 0.6) is 0 Å². The molecule has 2 aliphatic heterocycles. The van der Waals surface area contributed by atoms with Gasteiger partial charge in [-0.3, -0.25) is 5.41 Å². The van der Waals surface area contributed by atoms with Crippen LogP contribution in [0.2, 0.25) is 5.02 Å². The summed E-state index contributed by atoms with van der Waals surface area (Å²) < 4.78 is 12.5. The number of ether oxygens (including phenoxy) is 2.